The van der Waals surface area contributed by atoms with E-state index < -0.39 is 0 Å². The molecule has 4 nitrogen and oxygen atoms in total. The van der Waals surface area contributed by atoms with Crippen LogP contribution in [0.3, 0.4) is 0 Å². The van der Waals surface area contributed by atoms with Crippen LogP contribution in [-0.2, 0) is 4.74 Å². The number of piperidine rings is 1. The highest BCUT2D eigenvalue weighted by molar-refractivity contribution is 7.16. The summed E-state index contributed by atoms with van der Waals surface area (Å²) in [6.45, 7) is 1.91. The van der Waals surface area contributed by atoms with E-state index >= 15 is 0 Å². The van der Waals surface area contributed by atoms with Gasteiger partial charge in [0.2, 0.25) is 5.28 Å². The number of rotatable bonds is 2. The fourth-order valence-corrected chi connectivity index (χ4v) is 3.33. The van der Waals surface area contributed by atoms with Crippen molar-refractivity contribution in [2.24, 2.45) is 0 Å². The van der Waals surface area contributed by atoms with E-state index in [1.807, 2.05) is 5.38 Å². The molecule has 96 valence electrons. The molecule has 0 radical (unpaired) electrons. The van der Waals surface area contributed by atoms with Crippen molar-refractivity contribution in [3.63, 3.8) is 0 Å². The van der Waals surface area contributed by atoms with E-state index in [9.17, 15) is 0 Å². The predicted molar refractivity (Wildman–Crippen MR) is 74.7 cm³/mol. The van der Waals surface area contributed by atoms with Gasteiger partial charge < -0.3 is 9.64 Å². The summed E-state index contributed by atoms with van der Waals surface area (Å²) in [5.74, 6) is 0.959. The van der Waals surface area contributed by atoms with Gasteiger partial charge in [-0.25, -0.2) is 4.98 Å². The molecule has 0 bridgehead atoms. The van der Waals surface area contributed by atoms with Crippen LogP contribution in [0.2, 0.25) is 5.28 Å². The number of anilines is 1. The van der Waals surface area contributed by atoms with Gasteiger partial charge in [-0.05, 0) is 35.9 Å². The monoisotopic (exact) mass is 283 g/mol. The number of hydrogen-bond donors (Lipinski definition) is 0. The van der Waals surface area contributed by atoms with E-state index in [2.05, 4.69) is 20.9 Å². The summed E-state index contributed by atoms with van der Waals surface area (Å²) in [6, 6.07) is 2.06. The summed E-state index contributed by atoms with van der Waals surface area (Å²) >= 11 is 7.59. The Kier molecular flexibility index (Phi) is 3.37. The minimum absolute atomic E-state index is 0.328. The Morgan fingerprint density at radius 1 is 1.39 bits per heavy atom. The number of methoxy groups -OCH3 is 1. The van der Waals surface area contributed by atoms with Crippen LogP contribution in [-0.4, -0.2) is 36.3 Å². The van der Waals surface area contributed by atoms with Gasteiger partial charge in [0.05, 0.1) is 11.5 Å². The van der Waals surface area contributed by atoms with Crippen LogP contribution in [0.4, 0.5) is 5.82 Å². The van der Waals surface area contributed by atoms with E-state index in [1.54, 1.807) is 18.4 Å². The smallest absolute Gasteiger partial charge is 0.225 e. The number of thiophene rings is 1. The highest BCUT2D eigenvalue weighted by Crippen LogP contribution is 2.30. The van der Waals surface area contributed by atoms with Gasteiger partial charge in [0.25, 0.3) is 0 Å². The Morgan fingerprint density at radius 2 is 2.17 bits per heavy atom. The quantitative estimate of drug-likeness (QED) is 0.794. The second-order valence-electron chi connectivity index (χ2n) is 4.38. The van der Waals surface area contributed by atoms with Gasteiger partial charge in [-0.2, -0.15) is 4.98 Å². The first-order valence-electron chi connectivity index (χ1n) is 5.96. The average Bonchev–Trinajstić information content (AvgIpc) is 2.86. The molecule has 0 aliphatic carbocycles. The van der Waals surface area contributed by atoms with E-state index in [0.29, 0.717) is 11.4 Å². The molecule has 0 saturated carbocycles. The van der Waals surface area contributed by atoms with Crippen molar-refractivity contribution in [1.29, 1.82) is 0 Å². The fraction of sp³-hybridized carbons (Fsp3) is 0.500. The Bertz CT molecular complexity index is 551. The van der Waals surface area contributed by atoms with Crippen LogP contribution < -0.4 is 4.90 Å². The van der Waals surface area contributed by atoms with Crippen LogP contribution in [0.25, 0.3) is 10.2 Å². The summed E-state index contributed by atoms with van der Waals surface area (Å²) in [7, 11) is 1.78. The van der Waals surface area contributed by atoms with Crippen LogP contribution in [0.15, 0.2) is 11.4 Å². The third-order valence-corrected chi connectivity index (χ3v) is 4.33. The van der Waals surface area contributed by atoms with Crippen molar-refractivity contribution in [1.82, 2.24) is 9.97 Å². The third kappa shape index (κ3) is 2.18. The zero-order valence-electron chi connectivity index (χ0n) is 10.1. The molecule has 0 amide bonds. The van der Waals surface area contributed by atoms with Crippen LogP contribution in [0, 0.1) is 0 Å². The van der Waals surface area contributed by atoms with E-state index in [4.69, 9.17) is 16.3 Å². The SMILES string of the molecule is COC1CCN(c2nc(Cl)nc3sccc23)CC1. The molecular formula is C12H14ClN3OS. The summed E-state index contributed by atoms with van der Waals surface area (Å²) in [5, 5.41) is 3.45. The Balaban J connectivity index is 1.92. The van der Waals surface area contributed by atoms with Gasteiger partial charge >= 0.3 is 0 Å². The maximum absolute atomic E-state index is 5.99. The third-order valence-electron chi connectivity index (χ3n) is 3.35. The van der Waals surface area contributed by atoms with Gasteiger partial charge in [0.1, 0.15) is 10.6 Å². The number of aromatic nitrogens is 2. The van der Waals surface area contributed by atoms with Gasteiger partial charge in [0.15, 0.2) is 0 Å². The summed E-state index contributed by atoms with van der Waals surface area (Å²) in [4.78, 5) is 11.9. The summed E-state index contributed by atoms with van der Waals surface area (Å²) < 4.78 is 5.39. The number of nitrogens with zero attached hydrogens (tertiary/aromatic N) is 3. The lowest BCUT2D eigenvalue weighted by Crippen LogP contribution is -2.37. The normalized spacial score (nSPS) is 17.6. The van der Waals surface area contributed by atoms with Crippen LogP contribution in [0.1, 0.15) is 12.8 Å². The fourth-order valence-electron chi connectivity index (χ4n) is 2.36. The zero-order valence-corrected chi connectivity index (χ0v) is 11.7. The second-order valence-corrected chi connectivity index (χ2v) is 5.61. The lowest BCUT2D eigenvalue weighted by atomic mass is 10.1. The molecule has 0 spiro atoms. The molecule has 6 heteroatoms. The van der Waals surface area contributed by atoms with Crippen LogP contribution in [0.5, 0.6) is 0 Å². The van der Waals surface area contributed by atoms with Gasteiger partial charge in [-0.15, -0.1) is 11.3 Å². The van der Waals surface area contributed by atoms with Crippen molar-refractivity contribution < 1.29 is 4.74 Å². The van der Waals surface area contributed by atoms with Crippen LogP contribution >= 0.6 is 22.9 Å². The molecule has 1 aliphatic rings. The topological polar surface area (TPSA) is 38.2 Å². The number of hydrogen-bond acceptors (Lipinski definition) is 5. The lowest BCUT2D eigenvalue weighted by Gasteiger charge is -2.32. The highest BCUT2D eigenvalue weighted by Gasteiger charge is 2.22. The molecular weight excluding hydrogens is 270 g/mol. The molecule has 0 unspecified atom stereocenters. The molecule has 1 fully saturated rings. The van der Waals surface area contributed by atoms with Gasteiger partial charge in [-0.3, -0.25) is 0 Å². The minimum atomic E-state index is 0.328. The van der Waals surface area contributed by atoms with Crippen molar-refractivity contribution >= 4 is 39.0 Å². The number of fused-ring (bicyclic) bond motifs is 1. The summed E-state index contributed by atoms with van der Waals surface area (Å²) in [6.07, 6.45) is 2.43. The molecule has 2 aromatic rings. The highest BCUT2D eigenvalue weighted by atomic mass is 35.5. The van der Waals surface area contributed by atoms with Crippen molar-refractivity contribution in [2.45, 2.75) is 18.9 Å². The molecule has 1 saturated heterocycles. The first kappa shape index (κ1) is 12.1. The molecule has 3 rings (SSSR count). The standard InChI is InChI=1S/C12H14ClN3OS/c1-17-8-2-5-16(6-3-8)10-9-4-7-18-11(9)15-12(13)14-10/h4,7-8H,2-3,5-6H2,1H3. The molecule has 0 aromatic carbocycles. The average molecular weight is 284 g/mol. The molecule has 0 N–H and O–H groups in total. The van der Waals surface area contributed by atoms with Crippen molar-refractivity contribution in [3.05, 3.63) is 16.7 Å². The number of ether oxygens (including phenoxy) is 1. The van der Waals surface area contributed by atoms with Gasteiger partial charge in [-0.1, -0.05) is 0 Å². The molecule has 2 aromatic heterocycles. The van der Waals surface area contributed by atoms with Gasteiger partial charge in [0, 0.05) is 20.2 Å². The largest absolute Gasteiger partial charge is 0.381 e. The molecule has 1 aliphatic heterocycles. The maximum Gasteiger partial charge on any atom is 0.225 e. The van der Waals surface area contributed by atoms with Crippen molar-refractivity contribution in [3.8, 4) is 0 Å². The zero-order chi connectivity index (χ0) is 12.5. The molecule has 0 atom stereocenters. The predicted octanol–water partition coefficient (Wildman–Crippen LogP) is 2.96. The number of halogens is 1. The Hall–Kier alpha value is -0.910. The lowest BCUT2D eigenvalue weighted by molar-refractivity contribution is 0.0818. The van der Waals surface area contributed by atoms with E-state index in [0.717, 1.165) is 42.0 Å². The Morgan fingerprint density at radius 3 is 2.89 bits per heavy atom. The summed E-state index contributed by atoms with van der Waals surface area (Å²) in [5.41, 5.74) is 0. The van der Waals surface area contributed by atoms with E-state index in [-0.39, 0.29) is 0 Å². The first-order chi connectivity index (χ1) is 8.78. The molecule has 3 heterocycles. The first-order valence-corrected chi connectivity index (χ1v) is 7.22. The Labute approximate surface area is 115 Å². The molecule has 18 heavy (non-hydrogen) atoms. The van der Waals surface area contributed by atoms with Crippen molar-refractivity contribution in [2.75, 3.05) is 25.1 Å². The minimum Gasteiger partial charge on any atom is -0.381 e. The second kappa shape index (κ2) is 4.99. The van der Waals surface area contributed by atoms with E-state index in [1.165, 1.54) is 0 Å². The maximum atomic E-state index is 5.99.